The van der Waals surface area contributed by atoms with Gasteiger partial charge in [-0.05, 0) is 37.3 Å². The highest BCUT2D eigenvalue weighted by atomic mass is 32.1. The minimum atomic E-state index is 0.528. The van der Waals surface area contributed by atoms with Gasteiger partial charge in [0, 0.05) is 11.1 Å². The van der Waals surface area contributed by atoms with Gasteiger partial charge in [0.15, 0.2) is 0 Å². The Kier molecular flexibility index (Phi) is 4.24. The van der Waals surface area contributed by atoms with Gasteiger partial charge in [0.05, 0.1) is 18.8 Å². The van der Waals surface area contributed by atoms with Gasteiger partial charge in [-0.1, -0.05) is 6.92 Å². The van der Waals surface area contributed by atoms with E-state index in [-0.39, 0.29) is 0 Å². The molecule has 0 aromatic carbocycles. The van der Waals surface area contributed by atoms with Gasteiger partial charge in [0.1, 0.15) is 10.8 Å². The summed E-state index contributed by atoms with van der Waals surface area (Å²) in [6.07, 6.45) is 5.46. The second-order valence-electron chi connectivity index (χ2n) is 5.27. The lowest BCUT2D eigenvalue weighted by atomic mass is 10.4. The quantitative estimate of drug-likeness (QED) is 0.822. The van der Waals surface area contributed by atoms with Crippen LogP contribution in [-0.2, 0) is 13.0 Å². The highest BCUT2D eigenvalue weighted by Gasteiger charge is 2.22. The Balaban J connectivity index is 1.60. The molecule has 0 radical (unpaired) electrons. The van der Waals surface area contributed by atoms with Crippen molar-refractivity contribution in [3.05, 3.63) is 28.2 Å². The zero-order chi connectivity index (χ0) is 14.7. The van der Waals surface area contributed by atoms with E-state index in [0.29, 0.717) is 30.6 Å². The van der Waals surface area contributed by atoms with Gasteiger partial charge in [-0.25, -0.2) is 4.98 Å². The fraction of sp³-hybridized carbons (Fsp3) is 0.467. The average molecular weight is 304 g/mol. The van der Waals surface area contributed by atoms with Crippen LogP contribution in [0.15, 0.2) is 18.3 Å². The third kappa shape index (κ3) is 3.85. The summed E-state index contributed by atoms with van der Waals surface area (Å²) in [7, 11) is 0. The van der Waals surface area contributed by atoms with Gasteiger partial charge in [-0.2, -0.15) is 4.98 Å². The van der Waals surface area contributed by atoms with Crippen LogP contribution in [-0.4, -0.2) is 16.6 Å². The summed E-state index contributed by atoms with van der Waals surface area (Å²) < 4.78 is 5.69. The minimum absolute atomic E-state index is 0.528. The molecule has 5 nitrogen and oxygen atoms in total. The first kappa shape index (κ1) is 14.1. The zero-order valence-corrected chi connectivity index (χ0v) is 12.9. The van der Waals surface area contributed by atoms with E-state index in [0.717, 1.165) is 17.2 Å². The van der Waals surface area contributed by atoms with E-state index in [9.17, 15) is 0 Å². The summed E-state index contributed by atoms with van der Waals surface area (Å²) >= 11 is 1.72. The third-order valence-corrected chi connectivity index (χ3v) is 4.55. The van der Waals surface area contributed by atoms with Crippen molar-refractivity contribution in [2.24, 2.45) is 5.92 Å². The second kappa shape index (κ2) is 6.30. The molecule has 6 heteroatoms. The zero-order valence-electron chi connectivity index (χ0n) is 12.1. The van der Waals surface area contributed by atoms with Crippen LogP contribution in [0, 0.1) is 5.92 Å². The number of pyridine rings is 1. The van der Waals surface area contributed by atoms with Crippen LogP contribution < -0.4 is 15.8 Å². The maximum Gasteiger partial charge on any atom is 0.239 e. The predicted molar refractivity (Wildman–Crippen MR) is 85.7 cm³/mol. The molecule has 3 rings (SSSR count). The Morgan fingerprint density at radius 1 is 1.43 bits per heavy atom. The van der Waals surface area contributed by atoms with E-state index in [1.165, 1.54) is 17.7 Å². The normalized spacial score (nSPS) is 14.1. The Morgan fingerprint density at radius 2 is 2.29 bits per heavy atom. The van der Waals surface area contributed by atoms with Crippen molar-refractivity contribution in [1.82, 2.24) is 9.97 Å². The van der Waals surface area contributed by atoms with Crippen LogP contribution >= 0.6 is 11.3 Å². The van der Waals surface area contributed by atoms with E-state index in [2.05, 4.69) is 22.2 Å². The SMILES string of the molecule is CCc1cnc(CNc2ccc(N)c(OCC3CC3)n2)s1. The van der Waals surface area contributed by atoms with E-state index in [4.69, 9.17) is 10.5 Å². The number of nitrogen functional groups attached to an aromatic ring is 1. The molecule has 0 saturated heterocycles. The van der Waals surface area contributed by atoms with Crippen molar-refractivity contribution >= 4 is 22.8 Å². The molecule has 1 aliphatic rings. The molecule has 0 amide bonds. The lowest BCUT2D eigenvalue weighted by molar-refractivity contribution is 0.290. The van der Waals surface area contributed by atoms with Crippen LogP contribution in [0.3, 0.4) is 0 Å². The Bertz CT molecular complexity index is 609. The van der Waals surface area contributed by atoms with Crippen LogP contribution in [0.4, 0.5) is 11.5 Å². The molecular weight excluding hydrogens is 284 g/mol. The number of nitrogens with two attached hydrogens (primary N) is 1. The smallest absolute Gasteiger partial charge is 0.239 e. The molecule has 1 fully saturated rings. The van der Waals surface area contributed by atoms with Crippen LogP contribution in [0.25, 0.3) is 0 Å². The number of hydrogen-bond acceptors (Lipinski definition) is 6. The van der Waals surface area contributed by atoms with E-state index in [1.807, 2.05) is 18.3 Å². The number of anilines is 2. The summed E-state index contributed by atoms with van der Waals surface area (Å²) in [6, 6.07) is 3.70. The van der Waals surface area contributed by atoms with E-state index >= 15 is 0 Å². The Labute approximate surface area is 128 Å². The van der Waals surface area contributed by atoms with Crippen molar-refractivity contribution in [2.75, 3.05) is 17.7 Å². The van der Waals surface area contributed by atoms with Crippen LogP contribution in [0.2, 0.25) is 0 Å². The highest BCUT2D eigenvalue weighted by molar-refractivity contribution is 7.11. The highest BCUT2D eigenvalue weighted by Crippen LogP contribution is 2.30. The first-order valence-electron chi connectivity index (χ1n) is 7.31. The molecule has 1 aliphatic carbocycles. The molecule has 0 bridgehead atoms. The predicted octanol–water partition coefficient (Wildman–Crippen LogP) is 3.08. The number of nitrogens with zero attached hydrogens (tertiary/aromatic N) is 2. The molecule has 2 heterocycles. The molecule has 0 unspecified atom stereocenters. The standard InChI is InChI=1S/C15H20N4OS/c1-2-11-7-18-14(21-11)8-17-13-6-5-12(16)15(19-13)20-9-10-3-4-10/h5-7,10H,2-4,8-9,16H2,1H3,(H,17,19). The minimum Gasteiger partial charge on any atom is -0.476 e. The molecule has 0 aliphatic heterocycles. The molecule has 3 N–H and O–H groups in total. The molecule has 0 atom stereocenters. The van der Waals surface area contributed by atoms with Gasteiger partial charge >= 0.3 is 0 Å². The van der Waals surface area contributed by atoms with E-state index < -0.39 is 0 Å². The number of rotatable bonds is 7. The second-order valence-corrected chi connectivity index (χ2v) is 6.47. The molecule has 2 aromatic rings. The van der Waals surface area contributed by atoms with Gasteiger partial charge in [-0.15, -0.1) is 11.3 Å². The monoisotopic (exact) mass is 304 g/mol. The van der Waals surface area contributed by atoms with Crippen LogP contribution in [0.5, 0.6) is 5.88 Å². The summed E-state index contributed by atoms with van der Waals surface area (Å²) in [6.45, 7) is 3.52. The van der Waals surface area contributed by atoms with Crippen molar-refractivity contribution in [1.29, 1.82) is 0 Å². The maximum atomic E-state index is 5.90. The summed E-state index contributed by atoms with van der Waals surface area (Å²) in [5, 5.41) is 4.33. The Morgan fingerprint density at radius 3 is 3.00 bits per heavy atom. The first-order valence-corrected chi connectivity index (χ1v) is 8.13. The molecule has 21 heavy (non-hydrogen) atoms. The van der Waals surface area contributed by atoms with Crippen LogP contribution in [0.1, 0.15) is 29.7 Å². The maximum absolute atomic E-state index is 5.90. The van der Waals surface area contributed by atoms with E-state index in [1.54, 1.807) is 11.3 Å². The molecule has 112 valence electrons. The number of aromatic nitrogens is 2. The third-order valence-electron chi connectivity index (χ3n) is 3.41. The van der Waals surface area contributed by atoms with Crippen molar-refractivity contribution in [3.63, 3.8) is 0 Å². The van der Waals surface area contributed by atoms with Crippen molar-refractivity contribution in [2.45, 2.75) is 32.7 Å². The Hall–Kier alpha value is -1.82. The number of thiazole rings is 1. The summed E-state index contributed by atoms with van der Waals surface area (Å²) in [4.78, 5) is 10.1. The average Bonchev–Trinajstić information content (AvgIpc) is 3.21. The summed E-state index contributed by atoms with van der Waals surface area (Å²) in [5.74, 6) is 1.98. The molecule has 2 aromatic heterocycles. The van der Waals surface area contributed by atoms with Gasteiger partial charge in [-0.3, -0.25) is 0 Å². The van der Waals surface area contributed by atoms with Crippen molar-refractivity contribution in [3.8, 4) is 5.88 Å². The lowest BCUT2D eigenvalue weighted by Gasteiger charge is -2.10. The molecular formula is C15H20N4OS. The fourth-order valence-corrected chi connectivity index (χ4v) is 2.71. The number of nitrogens with one attached hydrogen (secondary N) is 1. The van der Waals surface area contributed by atoms with Gasteiger partial charge in [0.25, 0.3) is 0 Å². The number of hydrogen-bond donors (Lipinski definition) is 2. The largest absolute Gasteiger partial charge is 0.476 e. The summed E-state index contributed by atoms with van der Waals surface area (Å²) in [5.41, 5.74) is 6.49. The fourth-order valence-electron chi connectivity index (χ4n) is 1.91. The van der Waals surface area contributed by atoms with Gasteiger partial charge < -0.3 is 15.8 Å². The molecule has 1 saturated carbocycles. The lowest BCUT2D eigenvalue weighted by Crippen LogP contribution is -2.06. The first-order chi connectivity index (χ1) is 10.2. The number of aryl methyl sites for hydroxylation is 1. The molecule has 0 spiro atoms. The van der Waals surface area contributed by atoms with Gasteiger partial charge in [0.2, 0.25) is 5.88 Å². The topological polar surface area (TPSA) is 73.1 Å². The number of ether oxygens (including phenoxy) is 1. The van der Waals surface area contributed by atoms with Crippen molar-refractivity contribution < 1.29 is 4.74 Å².